The number of hydrogen-bond acceptors (Lipinski definition) is 3. The highest BCUT2D eigenvalue weighted by molar-refractivity contribution is 5.85. The fraction of sp³-hybridized carbons (Fsp3) is 0.526. The van der Waals surface area contributed by atoms with E-state index in [2.05, 4.69) is 64.2 Å². The van der Waals surface area contributed by atoms with E-state index in [0.29, 0.717) is 0 Å². The maximum Gasteiger partial charge on any atom is 0.0678 e. The Morgan fingerprint density at radius 3 is 2.62 bits per heavy atom. The predicted octanol–water partition coefficient (Wildman–Crippen LogP) is 3.42. The van der Waals surface area contributed by atoms with E-state index in [9.17, 15) is 0 Å². The number of para-hydroxylation sites is 1. The van der Waals surface area contributed by atoms with Gasteiger partial charge in [0.05, 0.1) is 11.4 Å². The number of nitrogens with zero attached hydrogens (tertiary/aromatic N) is 3. The van der Waals surface area contributed by atoms with Gasteiger partial charge in [0.15, 0.2) is 0 Å². The highest BCUT2D eigenvalue weighted by Gasteiger charge is 2.20. The van der Waals surface area contributed by atoms with Gasteiger partial charge < -0.3 is 5.32 Å². The molecule has 0 amide bonds. The zero-order valence-electron chi connectivity index (χ0n) is 14.7. The van der Waals surface area contributed by atoms with E-state index in [4.69, 9.17) is 0 Å². The van der Waals surface area contributed by atoms with Crippen molar-refractivity contribution in [2.75, 3.05) is 26.2 Å². The third kappa shape index (κ3) is 4.59. The molecule has 4 nitrogen and oxygen atoms in total. The summed E-state index contributed by atoms with van der Waals surface area (Å²) >= 11 is 0. The summed E-state index contributed by atoms with van der Waals surface area (Å²) in [6, 6.07) is 10.6. The number of rotatable bonds is 6. The van der Waals surface area contributed by atoms with Crippen molar-refractivity contribution in [3.05, 3.63) is 47.8 Å². The summed E-state index contributed by atoms with van der Waals surface area (Å²) in [5, 5.41) is 8.03. The van der Waals surface area contributed by atoms with Crippen molar-refractivity contribution in [2.45, 2.75) is 33.2 Å². The molecule has 1 aromatic carbocycles. The first-order chi connectivity index (χ1) is 11.3. The number of likely N-dealkylation sites (tertiary alicyclic amines) is 1. The van der Waals surface area contributed by atoms with Gasteiger partial charge in [0.1, 0.15) is 0 Å². The molecule has 0 aliphatic carbocycles. The van der Waals surface area contributed by atoms with Gasteiger partial charge in [-0.1, -0.05) is 25.1 Å². The molecule has 0 unspecified atom stereocenters. The lowest BCUT2D eigenvalue weighted by atomic mass is 9.96. The number of nitrogens with one attached hydrogen (secondary N) is 1. The molecular weight excluding hydrogens is 320 g/mol. The fourth-order valence-electron chi connectivity index (χ4n) is 3.39. The number of benzene rings is 1. The van der Waals surface area contributed by atoms with Crippen molar-refractivity contribution in [1.82, 2.24) is 20.0 Å². The minimum absolute atomic E-state index is 0. The van der Waals surface area contributed by atoms with E-state index >= 15 is 0 Å². The molecule has 2 aromatic rings. The largest absolute Gasteiger partial charge is 0.317 e. The lowest BCUT2D eigenvalue weighted by Crippen LogP contribution is -2.37. The maximum atomic E-state index is 4.55. The number of aromatic nitrogens is 2. The monoisotopic (exact) mass is 348 g/mol. The molecule has 0 saturated carbocycles. The van der Waals surface area contributed by atoms with E-state index in [1.807, 2.05) is 6.20 Å². The molecule has 1 aromatic heterocycles. The topological polar surface area (TPSA) is 33.1 Å². The van der Waals surface area contributed by atoms with Crippen LogP contribution in [0, 0.1) is 12.8 Å². The summed E-state index contributed by atoms with van der Waals surface area (Å²) in [4.78, 5) is 2.56. The lowest BCUT2D eigenvalue weighted by Gasteiger charge is -2.32. The predicted molar refractivity (Wildman–Crippen MR) is 102 cm³/mol. The molecule has 24 heavy (non-hydrogen) atoms. The van der Waals surface area contributed by atoms with Gasteiger partial charge in [-0.05, 0) is 69.6 Å². The van der Waals surface area contributed by atoms with E-state index in [1.54, 1.807) is 0 Å². The Kier molecular flexibility index (Phi) is 7.28. The van der Waals surface area contributed by atoms with Crippen LogP contribution in [0.5, 0.6) is 0 Å². The first kappa shape index (κ1) is 19.0. The fourth-order valence-corrected chi connectivity index (χ4v) is 3.39. The Balaban J connectivity index is 0.00000208. The third-order valence-electron chi connectivity index (χ3n) is 4.84. The van der Waals surface area contributed by atoms with E-state index in [-0.39, 0.29) is 12.4 Å². The number of hydrogen-bond donors (Lipinski definition) is 1. The van der Waals surface area contributed by atoms with Crippen LogP contribution in [-0.2, 0) is 6.54 Å². The molecular formula is C19H29ClN4. The van der Waals surface area contributed by atoms with Gasteiger partial charge in [-0.15, -0.1) is 12.4 Å². The van der Waals surface area contributed by atoms with Crippen molar-refractivity contribution in [3.8, 4) is 5.69 Å². The van der Waals surface area contributed by atoms with Gasteiger partial charge in [0.2, 0.25) is 0 Å². The first-order valence-electron chi connectivity index (χ1n) is 8.80. The smallest absolute Gasteiger partial charge is 0.0678 e. The molecule has 3 rings (SSSR count). The number of aryl methyl sites for hydroxylation is 1. The van der Waals surface area contributed by atoms with E-state index in [1.165, 1.54) is 49.4 Å². The second-order valence-corrected chi connectivity index (χ2v) is 6.55. The molecule has 132 valence electrons. The summed E-state index contributed by atoms with van der Waals surface area (Å²) in [6.07, 6.45) is 4.51. The summed E-state index contributed by atoms with van der Waals surface area (Å²) in [5.41, 5.74) is 3.74. The van der Waals surface area contributed by atoms with Crippen LogP contribution in [0.15, 0.2) is 36.5 Å². The van der Waals surface area contributed by atoms with Crippen LogP contribution in [0.25, 0.3) is 5.69 Å². The SMILES string of the molecule is CCNCC1CCN(Cc2ccnn2-c2ccccc2C)CC1.Cl. The molecule has 1 fully saturated rings. The second kappa shape index (κ2) is 9.21. The average Bonchev–Trinajstić information content (AvgIpc) is 3.02. The molecule has 0 atom stereocenters. The van der Waals surface area contributed by atoms with Gasteiger partial charge in [-0.3, -0.25) is 4.90 Å². The zero-order chi connectivity index (χ0) is 16.1. The van der Waals surface area contributed by atoms with Crippen molar-refractivity contribution in [1.29, 1.82) is 0 Å². The summed E-state index contributed by atoms with van der Waals surface area (Å²) < 4.78 is 2.10. The first-order valence-corrected chi connectivity index (χ1v) is 8.80. The van der Waals surface area contributed by atoms with Crippen molar-refractivity contribution in [3.63, 3.8) is 0 Å². The van der Waals surface area contributed by atoms with Gasteiger partial charge in [0, 0.05) is 12.7 Å². The molecule has 0 bridgehead atoms. The Bertz CT molecular complexity index is 617. The summed E-state index contributed by atoms with van der Waals surface area (Å²) in [5.74, 6) is 0.840. The minimum atomic E-state index is 0. The molecule has 5 heteroatoms. The quantitative estimate of drug-likeness (QED) is 0.868. The molecule has 0 spiro atoms. The van der Waals surface area contributed by atoms with Gasteiger partial charge >= 0.3 is 0 Å². The van der Waals surface area contributed by atoms with Crippen molar-refractivity contribution < 1.29 is 0 Å². The molecule has 1 N–H and O–H groups in total. The van der Waals surface area contributed by atoms with E-state index in [0.717, 1.165) is 19.0 Å². The van der Waals surface area contributed by atoms with Crippen LogP contribution in [0.2, 0.25) is 0 Å². The Morgan fingerprint density at radius 2 is 1.92 bits per heavy atom. The van der Waals surface area contributed by atoms with Crippen molar-refractivity contribution in [2.24, 2.45) is 5.92 Å². The third-order valence-corrected chi connectivity index (χ3v) is 4.84. The van der Waals surface area contributed by atoms with Crippen LogP contribution in [0.4, 0.5) is 0 Å². The zero-order valence-corrected chi connectivity index (χ0v) is 15.6. The lowest BCUT2D eigenvalue weighted by molar-refractivity contribution is 0.173. The highest BCUT2D eigenvalue weighted by atomic mass is 35.5. The van der Waals surface area contributed by atoms with E-state index < -0.39 is 0 Å². The van der Waals surface area contributed by atoms with Gasteiger partial charge in [0.25, 0.3) is 0 Å². The molecule has 1 saturated heterocycles. The summed E-state index contributed by atoms with van der Waals surface area (Å²) in [6.45, 7) is 9.95. The van der Waals surface area contributed by atoms with Gasteiger partial charge in [-0.25, -0.2) is 4.68 Å². The van der Waals surface area contributed by atoms with Crippen LogP contribution >= 0.6 is 12.4 Å². The standard InChI is InChI=1S/C19H28N4.ClH/c1-3-20-14-17-9-12-22(13-10-17)15-18-8-11-21-23(18)19-7-5-4-6-16(19)2;/h4-8,11,17,20H,3,9-10,12-15H2,1-2H3;1H. The molecule has 1 aliphatic rings. The van der Waals surface area contributed by atoms with Crippen LogP contribution in [0.3, 0.4) is 0 Å². The van der Waals surface area contributed by atoms with Gasteiger partial charge in [-0.2, -0.15) is 5.10 Å². The maximum absolute atomic E-state index is 4.55. The number of piperidine rings is 1. The highest BCUT2D eigenvalue weighted by Crippen LogP contribution is 2.20. The molecule has 2 heterocycles. The Labute approximate surface area is 151 Å². The average molecular weight is 349 g/mol. The van der Waals surface area contributed by atoms with Crippen LogP contribution in [-0.4, -0.2) is 40.9 Å². The Morgan fingerprint density at radius 1 is 1.17 bits per heavy atom. The van der Waals surface area contributed by atoms with Crippen molar-refractivity contribution >= 4 is 12.4 Å². The minimum Gasteiger partial charge on any atom is -0.317 e. The van der Waals surface area contributed by atoms with Crippen LogP contribution in [0.1, 0.15) is 31.0 Å². The summed E-state index contributed by atoms with van der Waals surface area (Å²) in [7, 11) is 0. The normalized spacial score (nSPS) is 16.1. The number of halogens is 1. The Hall–Kier alpha value is -1.36. The molecule has 0 radical (unpaired) electrons. The second-order valence-electron chi connectivity index (χ2n) is 6.55. The molecule has 1 aliphatic heterocycles. The van der Waals surface area contributed by atoms with Crippen LogP contribution < -0.4 is 5.32 Å².